The van der Waals surface area contributed by atoms with Gasteiger partial charge in [-0.1, -0.05) is 30.3 Å². The second-order valence-corrected chi connectivity index (χ2v) is 8.40. The summed E-state index contributed by atoms with van der Waals surface area (Å²) in [6, 6.07) is 14.6. The molecule has 1 aliphatic heterocycles. The molecule has 0 radical (unpaired) electrons. The molecule has 2 aromatic rings. The predicted molar refractivity (Wildman–Crippen MR) is 126 cm³/mol. The van der Waals surface area contributed by atoms with E-state index in [-0.39, 0.29) is 30.2 Å². The molecule has 0 unspecified atom stereocenters. The highest BCUT2D eigenvalue weighted by molar-refractivity contribution is 5.94. The highest BCUT2D eigenvalue weighted by atomic mass is 16.2. The number of piperazine rings is 1. The molecule has 0 bridgehead atoms. The van der Waals surface area contributed by atoms with Gasteiger partial charge in [0.1, 0.15) is 0 Å². The maximum absolute atomic E-state index is 12.6. The minimum atomic E-state index is -0.253. The van der Waals surface area contributed by atoms with Gasteiger partial charge in [-0.15, -0.1) is 0 Å². The van der Waals surface area contributed by atoms with Crippen molar-refractivity contribution in [1.82, 2.24) is 15.1 Å². The van der Waals surface area contributed by atoms with Gasteiger partial charge in [-0.2, -0.15) is 0 Å². The van der Waals surface area contributed by atoms with Crippen molar-refractivity contribution < 1.29 is 14.4 Å². The Morgan fingerprint density at radius 3 is 2.31 bits per heavy atom. The third-order valence-corrected chi connectivity index (χ3v) is 5.87. The lowest BCUT2D eigenvalue weighted by atomic mass is 10.1. The quantitative estimate of drug-likeness (QED) is 0.699. The summed E-state index contributed by atoms with van der Waals surface area (Å²) in [5, 5.41) is 5.87. The fourth-order valence-corrected chi connectivity index (χ4v) is 3.77. The molecule has 2 aromatic carbocycles. The monoisotopic (exact) mass is 436 g/mol. The number of aryl methyl sites for hydroxylation is 1. The third kappa shape index (κ3) is 6.40. The molecule has 3 amide bonds. The molecule has 1 heterocycles. The SMILES string of the molecule is Cc1cccc(NC(=O)CN2CCN(C(=O)C[C@H](C)NC(=O)c3ccccc3)CC2)c1C. The zero-order chi connectivity index (χ0) is 23.1. The summed E-state index contributed by atoms with van der Waals surface area (Å²) >= 11 is 0. The van der Waals surface area contributed by atoms with Crippen LogP contribution in [0, 0.1) is 13.8 Å². The molecule has 32 heavy (non-hydrogen) atoms. The van der Waals surface area contributed by atoms with E-state index in [0.29, 0.717) is 38.3 Å². The Morgan fingerprint density at radius 1 is 0.938 bits per heavy atom. The van der Waals surface area contributed by atoms with Crippen molar-refractivity contribution in [1.29, 1.82) is 0 Å². The van der Waals surface area contributed by atoms with Crippen molar-refractivity contribution in [3.05, 3.63) is 65.2 Å². The summed E-state index contributed by atoms with van der Waals surface area (Å²) < 4.78 is 0. The lowest BCUT2D eigenvalue weighted by Crippen LogP contribution is -2.51. The first kappa shape index (κ1) is 23.5. The largest absolute Gasteiger partial charge is 0.349 e. The molecular weight excluding hydrogens is 404 g/mol. The Labute approximate surface area is 189 Å². The number of rotatable bonds is 7. The molecule has 0 spiro atoms. The number of carbonyl (C=O) groups is 3. The number of carbonyl (C=O) groups excluding carboxylic acids is 3. The summed E-state index contributed by atoms with van der Waals surface area (Å²) in [5.41, 5.74) is 3.64. The van der Waals surface area contributed by atoms with Crippen LogP contribution in [0.1, 0.15) is 34.8 Å². The number of benzene rings is 2. The smallest absolute Gasteiger partial charge is 0.251 e. The Balaban J connectivity index is 1.40. The normalized spacial score (nSPS) is 15.2. The van der Waals surface area contributed by atoms with E-state index in [1.165, 1.54) is 0 Å². The number of amides is 3. The second kappa shape index (κ2) is 10.9. The van der Waals surface area contributed by atoms with Crippen LogP contribution in [-0.4, -0.2) is 66.3 Å². The summed E-state index contributed by atoms with van der Waals surface area (Å²) in [5.74, 6) is -0.202. The molecule has 2 N–H and O–H groups in total. The van der Waals surface area contributed by atoms with E-state index in [2.05, 4.69) is 15.5 Å². The predicted octanol–water partition coefficient (Wildman–Crippen LogP) is 2.59. The van der Waals surface area contributed by atoms with Crippen LogP contribution in [0.2, 0.25) is 0 Å². The van der Waals surface area contributed by atoms with E-state index < -0.39 is 0 Å². The van der Waals surface area contributed by atoms with Gasteiger partial charge in [0.05, 0.1) is 6.54 Å². The van der Waals surface area contributed by atoms with E-state index >= 15 is 0 Å². The maximum Gasteiger partial charge on any atom is 0.251 e. The van der Waals surface area contributed by atoms with Gasteiger partial charge in [-0.3, -0.25) is 19.3 Å². The first-order chi connectivity index (χ1) is 15.3. The number of anilines is 1. The molecule has 1 aliphatic rings. The summed E-state index contributed by atoms with van der Waals surface area (Å²) in [7, 11) is 0. The zero-order valence-electron chi connectivity index (χ0n) is 19.1. The fourth-order valence-electron chi connectivity index (χ4n) is 3.77. The van der Waals surface area contributed by atoms with E-state index in [1.54, 1.807) is 12.1 Å². The lowest BCUT2D eigenvalue weighted by Gasteiger charge is -2.35. The van der Waals surface area contributed by atoms with E-state index in [0.717, 1.165) is 16.8 Å². The van der Waals surface area contributed by atoms with Crippen LogP contribution in [-0.2, 0) is 9.59 Å². The van der Waals surface area contributed by atoms with Crippen LogP contribution in [0.5, 0.6) is 0 Å². The number of hydrogen-bond donors (Lipinski definition) is 2. The molecule has 0 saturated carbocycles. The zero-order valence-corrected chi connectivity index (χ0v) is 19.1. The standard InChI is InChI=1S/C25H32N4O3/c1-18-8-7-11-22(20(18)3)27-23(30)17-28-12-14-29(15-13-28)24(31)16-19(2)26-25(32)21-9-5-4-6-10-21/h4-11,19H,12-17H2,1-3H3,(H,26,32)(H,27,30)/t19-/m0/s1. The van der Waals surface area contributed by atoms with Gasteiger partial charge in [0.2, 0.25) is 11.8 Å². The number of nitrogens with one attached hydrogen (secondary N) is 2. The minimum absolute atomic E-state index is 0.0188. The molecule has 7 heteroatoms. The number of nitrogens with zero attached hydrogens (tertiary/aromatic N) is 2. The van der Waals surface area contributed by atoms with Gasteiger partial charge < -0.3 is 15.5 Å². The van der Waals surface area contributed by atoms with Gasteiger partial charge >= 0.3 is 0 Å². The van der Waals surface area contributed by atoms with Crippen molar-refractivity contribution in [2.75, 3.05) is 38.0 Å². The van der Waals surface area contributed by atoms with Crippen molar-refractivity contribution in [3.63, 3.8) is 0 Å². The summed E-state index contributed by atoms with van der Waals surface area (Å²) in [6.07, 6.45) is 0.256. The Kier molecular flexibility index (Phi) is 8.00. The molecule has 3 rings (SSSR count). The molecule has 0 aliphatic carbocycles. The van der Waals surface area contributed by atoms with Gasteiger partial charge in [-0.25, -0.2) is 0 Å². The van der Waals surface area contributed by atoms with Crippen LogP contribution >= 0.6 is 0 Å². The van der Waals surface area contributed by atoms with Crippen molar-refractivity contribution in [3.8, 4) is 0 Å². The van der Waals surface area contributed by atoms with Gasteiger partial charge in [0.15, 0.2) is 0 Å². The first-order valence-electron chi connectivity index (χ1n) is 11.1. The first-order valence-corrected chi connectivity index (χ1v) is 11.1. The van der Waals surface area contributed by atoms with E-state index in [9.17, 15) is 14.4 Å². The van der Waals surface area contributed by atoms with Crippen LogP contribution in [0.15, 0.2) is 48.5 Å². The van der Waals surface area contributed by atoms with Crippen LogP contribution < -0.4 is 10.6 Å². The van der Waals surface area contributed by atoms with Crippen molar-refractivity contribution in [2.45, 2.75) is 33.2 Å². The molecule has 0 aromatic heterocycles. The Morgan fingerprint density at radius 2 is 1.62 bits per heavy atom. The average Bonchev–Trinajstić information content (AvgIpc) is 2.78. The molecule has 170 valence electrons. The molecule has 1 fully saturated rings. The third-order valence-electron chi connectivity index (χ3n) is 5.87. The van der Waals surface area contributed by atoms with Crippen molar-refractivity contribution >= 4 is 23.4 Å². The van der Waals surface area contributed by atoms with E-state index in [4.69, 9.17) is 0 Å². The Bertz CT molecular complexity index is 953. The molecule has 1 atom stereocenters. The minimum Gasteiger partial charge on any atom is -0.349 e. The van der Waals surface area contributed by atoms with E-state index in [1.807, 2.05) is 62.1 Å². The van der Waals surface area contributed by atoms with Crippen LogP contribution in [0.25, 0.3) is 0 Å². The average molecular weight is 437 g/mol. The topological polar surface area (TPSA) is 81.8 Å². The summed E-state index contributed by atoms with van der Waals surface area (Å²) in [4.78, 5) is 41.2. The molecular formula is C25H32N4O3. The van der Waals surface area contributed by atoms with Crippen LogP contribution in [0.4, 0.5) is 5.69 Å². The van der Waals surface area contributed by atoms with Crippen LogP contribution in [0.3, 0.4) is 0 Å². The van der Waals surface area contributed by atoms with Crippen molar-refractivity contribution in [2.24, 2.45) is 0 Å². The fraction of sp³-hybridized carbons (Fsp3) is 0.400. The molecule has 7 nitrogen and oxygen atoms in total. The maximum atomic E-state index is 12.6. The molecule has 1 saturated heterocycles. The summed E-state index contributed by atoms with van der Waals surface area (Å²) in [6.45, 7) is 8.62. The van der Waals surface area contributed by atoms with Gasteiger partial charge in [-0.05, 0) is 50.1 Å². The highest BCUT2D eigenvalue weighted by Crippen LogP contribution is 2.18. The van der Waals surface area contributed by atoms with Gasteiger partial charge in [0, 0.05) is 49.9 Å². The second-order valence-electron chi connectivity index (χ2n) is 8.40. The Hall–Kier alpha value is -3.19. The lowest BCUT2D eigenvalue weighted by molar-refractivity contribution is -0.133. The van der Waals surface area contributed by atoms with Gasteiger partial charge in [0.25, 0.3) is 5.91 Å². The highest BCUT2D eigenvalue weighted by Gasteiger charge is 2.24. The number of hydrogen-bond acceptors (Lipinski definition) is 4.